The van der Waals surface area contributed by atoms with Crippen LogP contribution in [0.15, 0.2) is 77.3 Å². The first-order chi connectivity index (χ1) is 14.0. The average Bonchev–Trinajstić information content (AvgIpc) is 3.14. The van der Waals surface area contributed by atoms with Crippen molar-refractivity contribution in [1.82, 2.24) is 14.8 Å². The van der Waals surface area contributed by atoms with Gasteiger partial charge >= 0.3 is 0 Å². The minimum atomic E-state index is -0.433. The Balaban J connectivity index is 1.76. The van der Waals surface area contributed by atoms with Gasteiger partial charge in [-0.25, -0.2) is 14.1 Å². The fourth-order valence-electron chi connectivity index (χ4n) is 2.89. The fraction of sp³-hybridized carbons (Fsp3) is 0.0455. The molecule has 1 amide bonds. The number of aromatic nitrogens is 3. The molecule has 0 aliphatic heterocycles. The Morgan fingerprint density at radius 1 is 1.03 bits per heavy atom. The van der Waals surface area contributed by atoms with Gasteiger partial charge in [0.05, 0.1) is 5.69 Å². The molecular weight excluding hydrogens is 435 g/mol. The molecule has 0 spiro atoms. The smallest absolute Gasteiger partial charge is 0.295 e. The number of hydrogen-bond donors (Lipinski definition) is 1. The van der Waals surface area contributed by atoms with Gasteiger partial charge in [0, 0.05) is 15.7 Å². The summed E-state index contributed by atoms with van der Waals surface area (Å²) in [5, 5.41) is 7.19. The summed E-state index contributed by atoms with van der Waals surface area (Å²) in [6.45, 7) is 1.98. The second-order valence-electron chi connectivity index (χ2n) is 6.48. The molecule has 0 saturated heterocycles. The van der Waals surface area contributed by atoms with Crippen LogP contribution in [0, 0.1) is 12.7 Å². The fourth-order valence-corrected chi connectivity index (χ4v) is 3.29. The normalized spacial score (nSPS) is 10.7. The Morgan fingerprint density at radius 2 is 1.79 bits per heavy atom. The first kappa shape index (κ1) is 19.0. The van der Waals surface area contributed by atoms with Crippen molar-refractivity contribution in [2.75, 3.05) is 5.32 Å². The maximum atomic E-state index is 13.4. The number of benzene rings is 3. The van der Waals surface area contributed by atoms with Gasteiger partial charge in [-0.3, -0.25) is 4.79 Å². The molecule has 5 nitrogen and oxygen atoms in total. The maximum absolute atomic E-state index is 13.4. The van der Waals surface area contributed by atoms with Crippen molar-refractivity contribution in [3.63, 3.8) is 0 Å². The molecule has 3 aromatic carbocycles. The maximum Gasteiger partial charge on any atom is 0.295 e. The van der Waals surface area contributed by atoms with E-state index in [0.29, 0.717) is 17.2 Å². The van der Waals surface area contributed by atoms with E-state index < -0.39 is 5.91 Å². The number of hydrogen-bond acceptors (Lipinski definition) is 3. The first-order valence-corrected chi connectivity index (χ1v) is 9.66. The van der Waals surface area contributed by atoms with Crippen LogP contribution in [-0.4, -0.2) is 20.7 Å². The van der Waals surface area contributed by atoms with E-state index in [1.807, 2.05) is 43.3 Å². The number of rotatable bonds is 4. The number of carbonyl (C=O) groups is 1. The second-order valence-corrected chi connectivity index (χ2v) is 7.40. The molecule has 0 saturated carbocycles. The molecule has 0 fully saturated rings. The SMILES string of the molecule is Cc1cccc(-c2nc(C(=O)Nc3cccc(Br)c3)nn2-c2ccc(F)cc2)c1. The van der Waals surface area contributed by atoms with Crippen LogP contribution in [0.25, 0.3) is 17.1 Å². The molecule has 1 N–H and O–H groups in total. The van der Waals surface area contributed by atoms with E-state index in [4.69, 9.17) is 0 Å². The highest BCUT2D eigenvalue weighted by Crippen LogP contribution is 2.23. The molecule has 0 unspecified atom stereocenters. The molecule has 0 aliphatic rings. The third-order valence-electron chi connectivity index (χ3n) is 4.24. The quantitative estimate of drug-likeness (QED) is 0.452. The predicted molar refractivity (Wildman–Crippen MR) is 114 cm³/mol. The molecule has 0 aliphatic carbocycles. The summed E-state index contributed by atoms with van der Waals surface area (Å²) in [5.41, 5.74) is 3.09. The number of amides is 1. The van der Waals surface area contributed by atoms with Crippen molar-refractivity contribution >= 4 is 27.5 Å². The highest BCUT2D eigenvalue weighted by atomic mass is 79.9. The van der Waals surface area contributed by atoms with Gasteiger partial charge < -0.3 is 5.32 Å². The van der Waals surface area contributed by atoms with Gasteiger partial charge in [-0.1, -0.05) is 45.8 Å². The summed E-state index contributed by atoms with van der Waals surface area (Å²) in [7, 11) is 0. The van der Waals surface area contributed by atoms with Gasteiger partial charge in [-0.15, -0.1) is 5.10 Å². The zero-order valence-electron chi connectivity index (χ0n) is 15.4. The number of halogens is 2. The molecular formula is C22H16BrFN4O. The number of carbonyl (C=O) groups excluding carboxylic acids is 1. The number of nitrogens with zero attached hydrogens (tertiary/aromatic N) is 3. The van der Waals surface area contributed by atoms with Crippen LogP contribution in [0.5, 0.6) is 0 Å². The summed E-state index contributed by atoms with van der Waals surface area (Å²) in [5.74, 6) is -0.262. The van der Waals surface area contributed by atoms with Crippen LogP contribution < -0.4 is 5.32 Å². The number of nitrogens with one attached hydrogen (secondary N) is 1. The van der Waals surface area contributed by atoms with Crippen molar-refractivity contribution in [1.29, 1.82) is 0 Å². The Labute approximate surface area is 175 Å². The summed E-state index contributed by atoms with van der Waals surface area (Å²) in [6.07, 6.45) is 0. The van der Waals surface area contributed by atoms with Crippen LogP contribution in [-0.2, 0) is 0 Å². The third-order valence-corrected chi connectivity index (χ3v) is 4.73. The van der Waals surface area contributed by atoms with E-state index in [0.717, 1.165) is 15.6 Å². The average molecular weight is 451 g/mol. The first-order valence-electron chi connectivity index (χ1n) is 8.86. The van der Waals surface area contributed by atoms with Crippen molar-refractivity contribution in [2.24, 2.45) is 0 Å². The lowest BCUT2D eigenvalue weighted by Crippen LogP contribution is -2.14. The van der Waals surface area contributed by atoms with E-state index in [1.165, 1.54) is 12.1 Å². The standard InChI is InChI=1S/C22H16BrFN4O/c1-14-4-2-5-15(12-14)21-26-20(22(29)25-18-7-3-6-16(23)13-18)27-28(21)19-10-8-17(24)9-11-19/h2-13H,1H3,(H,25,29). The zero-order chi connectivity index (χ0) is 20.4. The highest BCUT2D eigenvalue weighted by molar-refractivity contribution is 9.10. The van der Waals surface area contributed by atoms with E-state index in [9.17, 15) is 9.18 Å². The molecule has 1 heterocycles. The van der Waals surface area contributed by atoms with Crippen LogP contribution >= 0.6 is 15.9 Å². The number of aryl methyl sites for hydroxylation is 1. The summed E-state index contributed by atoms with van der Waals surface area (Å²) >= 11 is 3.38. The minimum Gasteiger partial charge on any atom is -0.319 e. The lowest BCUT2D eigenvalue weighted by atomic mass is 10.1. The summed E-state index contributed by atoms with van der Waals surface area (Å²) in [6, 6.07) is 20.9. The lowest BCUT2D eigenvalue weighted by Gasteiger charge is -2.06. The molecule has 7 heteroatoms. The van der Waals surface area contributed by atoms with Crippen molar-refractivity contribution in [3.8, 4) is 17.1 Å². The molecule has 0 radical (unpaired) electrons. The summed E-state index contributed by atoms with van der Waals surface area (Å²) in [4.78, 5) is 17.2. The van der Waals surface area contributed by atoms with Crippen molar-refractivity contribution < 1.29 is 9.18 Å². The van der Waals surface area contributed by atoms with Gasteiger partial charge in [0.2, 0.25) is 5.82 Å². The van der Waals surface area contributed by atoms with Gasteiger partial charge in [0.25, 0.3) is 5.91 Å². The van der Waals surface area contributed by atoms with Crippen molar-refractivity contribution in [3.05, 3.63) is 94.5 Å². The van der Waals surface area contributed by atoms with Gasteiger partial charge in [0.1, 0.15) is 5.82 Å². The Morgan fingerprint density at radius 3 is 2.52 bits per heavy atom. The molecule has 29 heavy (non-hydrogen) atoms. The zero-order valence-corrected chi connectivity index (χ0v) is 17.0. The van der Waals surface area contributed by atoms with E-state index in [-0.39, 0.29) is 11.6 Å². The second kappa shape index (κ2) is 7.97. The number of anilines is 1. The largest absolute Gasteiger partial charge is 0.319 e. The van der Waals surface area contributed by atoms with Gasteiger partial charge in [-0.2, -0.15) is 0 Å². The Kier molecular flexibility index (Phi) is 5.22. The van der Waals surface area contributed by atoms with Crippen LogP contribution in [0.1, 0.15) is 16.2 Å². The minimum absolute atomic E-state index is 0.0193. The van der Waals surface area contributed by atoms with Crippen LogP contribution in [0.3, 0.4) is 0 Å². The molecule has 4 aromatic rings. The van der Waals surface area contributed by atoms with Crippen molar-refractivity contribution in [2.45, 2.75) is 6.92 Å². The monoisotopic (exact) mass is 450 g/mol. The molecule has 0 atom stereocenters. The predicted octanol–water partition coefficient (Wildman–Crippen LogP) is 5.40. The molecule has 0 bridgehead atoms. The van der Waals surface area contributed by atoms with E-state index in [2.05, 4.69) is 31.3 Å². The lowest BCUT2D eigenvalue weighted by molar-refractivity contribution is 0.101. The van der Waals surface area contributed by atoms with E-state index in [1.54, 1.807) is 28.9 Å². The Bertz CT molecular complexity index is 1190. The van der Waals surface area contributed by atoms with E-state index >= 15 is 0 Å². The highest BCUT2D eigenvalue weighted by Gasteiger charge is 2.19. The molecule has 4 rings (SSSR count). The van der Waals surface area contributed by atoms with Gasteiger partial charge in [0.15, 0.2) is 5.82 Å². The van der Waals surface area contributed by atoms with Crippen LogP contribution in [0.4, 0.5) is 10.1 Å². The van der Waals surface area contributed by atoms with Gasteiger partial charge in [-0.05, 0) is 55.5 Å². The molecule has 144 valence electrons. The topological polar surface area (TPSA) is 59.8 Å². The molecule has 1 aromatic heterocycles. The third kappa shape index (κ3) is 4.25. The Hall–Kier alpha value is -3.32. The summed E-state index contributed by atoms with van der Waals surface area (Å²) < 4.78 is 15.8. The van der Waals surface area contributed by atoms with Crippen LogP contribution in [0.2, 0.25) is 0 Å².